The summed E-state index contributed by atoms with van der Waals surface area (Å²) in [7, 11) is 1.68. The Balaban J connectivity index is 1.40. The van der Waals surface area contributed by atoms with Crippen molar-refractivity contribution in [3.05, 3.63) is 57.9 Å². The lowest BCUT2D eigenvalue weighted by Crippen LogP contribution is -2.43. The largest absolute Gasteiger partial charge is 0.350 e. The first-order valence-electron chi connectivity index (χ1n) is 10.1. The second-order valence-electron chi connectivity index (χ2n) is 7.57. The number of aromatic nitrogens is 3. The van der Waals surface area contributed by atoms with Gasteiger partial charge in [0.25, 0.3) is 11.8 Å². The minimum Gasteiger partial charge on any atom is -0.350 e. The average molecular weight is 424 g/mol. The minimum absolute atomic E-state index is 0.127. The first-order chi connectivity index (χ1) is 14.4. The van der Waals surface area contributed by atoms with Gasteiger partial charge in [0.2, 0.25) is 0 Å². The molecule has 2 amide bonds. The second-order valence-corrected chi connectivity index (χ2v) is 8.77. The Kier molecular flexibility index (Phi) is 5.67. The third-order valence-electron chi connectivity index (χ3n) is 5.37. The molecular weight excluding hydrogens is 398 g/mol. The van der Waals surface area contributed by atoms with Crippen LogP contribution in [-0.2, 0) is 13.5 Å². The molecular formula is C22H25N5O2S. The normalized spacial score (nSPS) is 13.2. The number of amides is 2. The predicted octanol–water partition coefficient (Wildman–Crippen LogP) is 2.98. The van der Waals surface area contributed by atoms with Crippen molar-refractivity contribution in [1.82, 2.24) is 25.0 Å². The van der Waals surface area contributed by atoms with Gasteiger partial charge in [-0.1, -0.05) is 29.8 Å². The summed E-state index contributed by atoms with van der Waals surface area (Å²) in [6.45, 7) is 6.04. The minimum atomic E-state index is -0.287. The molecule has 3 heterocycles. The van der Waals surface area contributed by atoms with E-state index in [1.165, 1.54) is 16.4 Å². The number of carbonyl (C=O) groups is 2. The van der Waals surface area contributed by atoms with Crippen molar-refractivity contribution in [2.45, 2.75) is 26.7 Å². The molecule has 8 heteroatoms. The molecule has 0 aliphatic carbocycles. The van der Waals surface area contributed by atoms with E-state index in [4.69, 9.17) is 4.98 Å². The zero-order chi connectivity index (χ0) is 21.3. The number of benzene rings is 1. The summed E-state index contributed by atoms with van der Waals surface area (Å²) in [6.07, 6.45) is 3.12. The van der Waals surface area contributed by atoms with E-state index >= 15 is 0 Å². The molecule has 3 aromatic rings. The monoisotopic (exact) mass is 423 g/mol. The topological polar surface area (TPSA) is 80.1 Å². The van der Waals surface area contributed by atoms with Gasteiger partial charge >= 0.3 is 0 Å². The van der Waals surface area contributed by atoms with Crippen molar-refractivity contribution in [2.24, 2.45) is 7.05 Å². The molecule has 4 rings (SSSR count). The van der Waals surface area contributed by atoms with Gasteiger partial charge in [-0.2, -0.15) is 5.10 Å². The average Bonchev–Trinajstić information content (AvgIpc) is 3.24. The van der Waals surface area contributed by atoms with E-state index in [1.807, 2.05) is 0 Å². The van der Waals surface area contributed by atoms with Crippen LogP contribution in [0.1, 0.15) is 43.4 Å². The molecule has 156 valence electrons. The first kappa shape index (κ1) is 20.3. The quantitative estimate of drug-likeness (QED) is 0.661. The number of hydrogen-bond acceptors (Lipinski definition) is 5. The van der Waals surface area contributed by atoms with Gasteiger partial charge in [0.15, 0.2) is 0 Å². The summed E-state index contributed by atoms with van der Waals surface area (Å²) in [6, 6.07) is 8.33. The molecule has 0 radical (unpaired) electrons. The molecule has 30 heavy (non-hydrogen) atoms. The van der Waals surface area contributed by atoms with E-state index in [9.17, 15) is 9.59 Å². The Hall–Kier alpha value is -3.00. The Morgan fingerprint density at radius 2 is 1.90 bits per heavy atom. The van der Waals surface area contributed by atoms with Crippen LogP contribution in [-0.4, -0.2) is 51.1 Å². The third kappa shape index (κ3) is 4.00. The number of aryl methyl sites for hydroxylation is 3. The van der Waals surface area contributed by atoms with E-state index in [2.05, 4.69) is 48.5 Å². The van der Waals surface area contributed by atoms with Crippen LogP contribution in [0.15, 0.2) is 30.5 Å². The van der Waals surface area contributed by atoms with Crippen molar-refractivity contribution >= 4 is 23.2 Å². The van der Waals surface area contributed by atoms with Gasteiger partial charge in [-0.15, -0.1) is 11.3 Å². The maximum Gasteiger partial charge on any atom is 0.270 e. The molecule has 7 nitrogen and oxygen atoms in total. The Morgan fingerprint density at radius 1 is 1.17 bits per heavy atom. The maximum absolute atomic E-state index is 12.8. The summed E-state index contributed by atoms with van der Waals surface area (Å²) in [5, 5.41) is 8.03. The highest BCUT2D eigenvalue weighted by Crippen LogP contribution is 2.28. The molecule has 1 N–H and O–H groups in total. The second kappa shape index (κ2) is 8.39. The number of carbonyl (C=O) groups excluding carboxylic acids is 2. The molecule has 0 saturated carbocycles. The molecule has 1 fully saturated rings. The molecule has 0 bridgehead atoms. The molecule has 1 saturated heterocycles. The molecule has 1 aliphatic rings. The number of rotatable bonds is 6. The van der Waals surface area contributed by atoms with Crippen LogP contribution in [0.3, 0.4) is 0 Å². The van der Waals surface area contributed by atoms with Gasteiger partial charge in [-0.05, 0) is 20.3 Å². The molecule has 0 atom stereocenters. The summed E-state index contributed by atoms with van der Waals surface area (Å²) in [5.41, 5.74) is 3.98. The van der Waals surface area contributed by atoms with Crippen LogP contribution in [0.25, 0.3) is 10.6 Å². The summed E-state index contributed by atoms with van der Waals surface area (Å²) in [4.78, 5) is 32.9. The van der Waals surface area contributed by atoms with Gasteiger partial charge in [0, 0.05) is 43.5 Å². The Bertz CT molecular complexity index is 1080. The van der Waals surface area contributed by atoms with Crippen molar-refractivity contribution < 1.29 is 9.59 Å². The van der Waals surface area contributed by atoms with Crippen molar-refractivity contribution in [3.8, 4) is 10.6 Å². The number of nitrogens with one attached hydrogen (secondary N) is 1. The standard InChI is InChI=1S/C22H25N5O2S/c1-14-5-7-16(8-6-14)21-25-18(15(2)30-21)9-10-23-20(28)19-17(13-24-26(19)3)22(29)27-11-4-12-27/h5-8,13H,4,9-12H2,1-3H3,(H,23,28). The highest BCUT2D eigenvalue weighted by Gasteiger charge is 2.28. The summed E-state index contributed by atoms with van der Waals surface area (Å²) in [5.74, 6) is -0.414. The fraction of sp³-hybridized carbons (Fsp3) is 0.364. The smallest absolute Gasteiger partial charge is 0.270 e. The van der Waals surface area contributed by atoms with Gasteiger partial charge in [-0.25, -0.2) is 4.98 Å². The van der Waals surface area contributed by atoms with Crippen molar-refractivity contribution in [1.29, 1.82) is 0 Å². The SMILES string of the molecule is Cc1ccc(-c2nc(CCNC(=O)c3c(C(=O)N4CCC4)cnn3C)c(C)s2)cc1. The Labute approximate surface area is 179 Å². The Morgan fingerprint density at radius 3 is 2.57 bits per heavy atom. The molecule has 2 aromatic heterocycles. The predicted molar refractivity (Wildman–Crippen MR) is 117 cm³/mol. The van der Waals surface area contributed by atoms with Crippen LogP contribution in [0.2, 0.25) is 0 Å². The van der Waals surface area contributed by atoms with Crippen LogP contribution >= 0.6 is 11.3 Å². The van der Waals surface area contributed by atoms with E-state index in [1.54, 1.807) is 23.3 Å². The molecule has 1 aromatic carbocycles. The van der Waals surface area contributed by atoms with E-state index < -0.39 is 0 Å². The van der Waals surface area contributed by atoms with E-state index in [0.717, 1.165) is 40.7 Å². The van der Waals surface area contributed by atoms with E-state index in [0.29, 0.717) is 24.2 Å². The maximum atomic E-state index is 12.8. The molecule has 0 spiro atoms. The number of thiazole rings is 1. The number of hydrogen-bond donors (Lipinski definition) is 1. The summed E-state index contributed by atoms with van der Waals surface area (Å²) >= 11 is 1.66. The van der Waals surface area contributed by atoms with Crippen LogP contribution < -0.4 is 5.32 Å². The van der Waals surface area contributed by atoms with Gasteiger partial charge in [0.1, 0.15) is 10.7 Å². The first-order valence-corrected chi connectivity index (χ1v) is 10.9. The lowest BCUT2D eigenvalue weighted by atomic mass is 10.1. The molecule has 1 aliphatic heterocycles. The van der Waals surface area contributed by atoms with Gasteiger partial charge < -0.3 is 10.2 Å². The van der Waals surface area contributed by atoms with Crippen LogP contribution in [0, 0.1) is 13.8 Å². The highest BCUT2D eigenvalue weighted by molar-refractivity contribution is 7.15. The van der Waals surface area contributed by atoms with Crippen molar-refractivity contribution in [3.63, 3.8) is 0 Å². The zero-order valence-corrected chi connectivity index (χ0v) is 18.3. The third-order valence-corrected chi connectivity index (χ3v) is 6.43. The lowest BCUT2D eigenvalue weighted by molar-refractivity contribution is 0.0647. The van der Waals surface area contributed by atoms with Crippen LogP contribution in [0.5, 0.6) is 0 Å². The lowest BCUT2D eigenvalue weighted by Gasteiger charge is -2.30. The highest BCUT2D eigenvalue weighted by atomic mass is 32.1. The van der Waals surface area contributed by atoms with Gasteiger partial charge in [0.05, 0.1) is 17.5 Å². The molecule has 0 unspecified atom stereocenters. The fourth-order valence-electron chi connectivity index (χ4n) is 3.41. The van der Waals surface area contributed by atoms with Crippen molar-refractivity contribution in [2.75, 3.05) is 19.6 Å². The number of likely N-dealkylation sites (tertiary alicyclic amines) is 1. The summed E-state index contributed by atoms with van der Waals surface area (Å²) < 4.78 is 1.46. The van der Waals surface area contributed by atoms with Crippen LogP contribution in [0.4, 0.5) is 0 Å². The zero-order valence-electron chi connectivity index (χ0n) is 17.4. The van der Waals surface area contributed by atoms with E-state index in [-0.39, 0.29) is 11.8 Å². The fourth-order valence-corrected chi connectivity index (χ4v) is 4.38. The number of nitrogens with zero attached hydrogens (tertiary/aromatic N) is 4. The van der Waals surface area contributed by atoms with Gasteiger partial charge in [-0.3, -0.25) is 14.3 Å².